The van der Waals surface area contributed by atoms with Gasteiger partial charge in [-0.3, -0.25) is 19.3 Å². The van der Waals surface area contributed by atoms with E-state index in [0.29, 0.717) is 22.1 Å². The molecule has 8 heteroatoms. The van der Waals surface area contributed by atoms with E-state index in [4.69, 9.17) is 21.1 Å². The van der Waals surface area contributed by atoms with Gasteiger partial charge < -0.3 is 14.8 Å². The molecule has 0 aromatic heterocycles. The van der Waals surface area contributed by atoms with Crippen molar-refractivity contribution in [3.8, 4) is 5.75 Å². The number of nitrogens with one attached hydrogen (secondary N) is 1. The number of amides is 2. The Kier molecular flexibility index (Phi) is 6.16. The minimum Gasteiger partial charge on any atom is -0.491 e. The largest absolute Gasteiger partial charge is 0.491 e. The second kappa shape index (κ2) is 8.75. The van der Waals surface area contributed by atoms with Gasteiger partial charge in [-0.25, -0.2) is 0 Å². The Morgan fingerprint density at radius 2 is 2.00 bits per heavy atom. The van der Waals surface area contributed by atoms with Crippen LogP contribution in [0.5, 0.6) is 5.75 Å². The van der Waals surface area contributed by atoms with E-state index in [1.54, 1.807) is 49.4 Å². The van der Waals surface area contributed by atoms with Crippen LogP contribution >= 0.6 is 11.6 Å². The fourth-order valence-electron chi connectivity index (χ4n) is 2.74. The van der Waals surface area contributed by atoms with E-state index in [1.807, 2.05) is 0 Å². The highest BCUT2D eigenvalue weighted by Crippen LogP contribution is 2.30. The first-order valence-electron chi connectivity index (χ1n) is 8.68. The van der Waals surface area contributed by atoms with Crippen molar-refractivity contribution in [1.29, 1.82) is 0 Å². The summed E-state index contributed by atoms with van der Waals surface area (Å²) in [5.41, 5.74) is 1.76. The van der Waals surface area contributed by atoms with Crippen molar-refractivity contribution >= 4 is 40.8 Å². The molecule has 2 aromatic carbocycles. The number of ether oxygens (including phenoxy) is 2. The van der Waals surface area contributed by atoms with Crippen LogP contribution in [0.2, 0.25) is 5.02 Å². The van der Waals surface area contributed by atoms with Crippen LogP contribution in [0.25, 0.3) is 0 Å². The fraction of sp³-hybridized carbons (Fsp3) is 0.250. The predicted molar refractivity (Wildman–Crippen MR) is 105 cm³/mol. The number of hydrogen-bond acceptors (Lipinski definition) is 5. The molecular formula is C20H19ClN2O5. The predicted octanol–water partition coefficient (Wildman–Crippen LogP) is 2.95. The summed E-state index contributed by atoms with van der Waals surface area (Å²) in [7, 11) is 0. The number of hydrogen-bond donors (Lipinski definition) is 1. The smallest absolute Gasteiger partial charge is 0.326 e. The highest BCUT2D eigenvalue weighted by Gasteiger charge is 2.25. The Morgan fingerprint density at radius 1 is 1.21 bits per heavy atom. The van der Waals surface area contributed by atoms with Crippen LogP contribution in [-0.4, -0.2) is 37.5 Å². The van der Waals surface area contributed by atoms with Crippen LogP contribution in [0.1, 0.15) is 12.0 Å². The van der Waals surface area contributed by atoms with Gasteiger partial charge in [-0.2, -0.15) is 0 Å². The lowest BCUT2D eigenvalue weighted by Gasteiger charge is -2.20. The van der Waals surface area contributed by atoms with Crippen molar-refractivity contribution in [2.45, 2.75) is 13.3 Å². The number of fused-ring (bicyclic) bond motifs is 1. The Labute approximate surface area is 167 Å². The molecule has 0 bridgehead atoms. The second-order valence-electron chi connectivity index (χ2n) is 6.17. The maximum Gasteiger partial charge on any atom is 0.326 e. The number of halogens is 1. The van der Waals surface area contributed by atoms with E-state index in [-0.39, 0.29) is 25.5 Å². The van der Waals surface area contributed by atoms with Crippen molar-refractivity contribution in [3.63, 3.8) is 0 Å². The molecule has 0 saturated carbocycles. The molecule has 0 saturated heterocycles. The molecule has 28 heavy (non-hydrogen) atoms. The van der Waals surface area contributed by atoms with Crippen molar-refractivity contribution in [2.75, 3.05) is 30.0 Å². The quantitative estimate of drug-likeness (QED) is 0.777. The third-order valence-electron chi connectivity index (χ3n) is 4.22. The van der Waals surface area contributed by atoms with Crippen LogP contribution in [0.3, 0.4) is 0 Å². The highest BCUT2D eigenvalue weighted by molar-refractivity contribution is 6.31. The summed E-state index contributed by atoms with van der Waals surface area (Å²) in [5, 5.41) is 3.17. The zero-order valence-electron chi connectivity index (χ0n) is 15.2. The average Bonchev–Trinajstić information content (AvgIpc) is 2.83. The van der Waals surface area contributed by atoms with Crippen LogP contribution in [0.15, 0.2) is 42.5 Å². The normalized spacial score (nSPS) is 13.2. The lowest BCUT2D eigenvalue weighted by atomic mass is 10.2. The minimum absolute atomic E-state index is 0.149. The van der Waals surface area contributed by atoms with E-state index in [9.17, 15) is 14.4 Å². The maximum absolute atomic E-state index is 12.3. The summed E-state index contributed by atoms with van der Waals surface area (Å²) in [6.07, 6.45) is 0.149. The Morgan fingerprint density at radius 3 is 2.82 bits per heavy atom. The van der Waals surface area contributed by atoms with Crippen LogP contribution < -0.4 is 15.0 Å². The lowest BCUT2D eigenvalue weighted by molar-refractivity contribution is -0.146. The van der Waals surface area contributed by atoms with Gasteiger partial charge in [0.2, 0.25) is 5.91 Å². The summed E-state index contributed by atoms with van der Waals surface area (Å²) < 4.78 is 10.6. The van der Waals surface area contributed by atoms with Gasteiger partial charge in [0.05, 0.1) is 18.7 Å². The number of esters is 1. The fourth-order valence-corrected chi connectivity index (χ4v) is 2.92. The van der Waals surface area contributed by atoms with Gasteiger partial charge in [-0.1, -0.05) is 29.8 Å². The molecule has 0 spiro atoms. The molecule has 7 nitrogen and oxygen atoms in total. The zero-order valence-corrected chi connectivity index (χ0v) is 16.0. The van der Waals surface area contributed by atoms with Gasteiger partial charge in [0.1, 0.15) is 12.3 Å². The molecule has 3 rings (SSSR count). The molecule has 0 fully saturated rings. The number of carbonyl (C=O) groups excluding carboxylic acids is 3. The minimum atomic E-state index is -0.692. The first-order valence-corrected chi connectivity index (χ1v) is 9.06. The number of rotatable bonds is 5. The van der Waals surface area contributed by atoms with Gasteiger partial charge in [0, 0.05) is 10.7 Å². The summed E-state index contributed by atoms with van der Waals surface area (Å²) in [6, 6.07) is 12.1. The Balaban J connectivity index is 1.59. The summed E-state index contributed by atoms with van der Waals surface area (Å²) in [4.78, 5) is 37.9. The molecule has 0 aliphatic carbocycles. The molecule has 0 atom stereocenters. The van der Waals surface area contributed by atoms with Gasteiger partial charge in [0.15, 0.2) is 6.61 Å². The molecule has 2 aromatic rings. The molecule has 2 amide bonds. The molecule has 0 radical (unpaired) electrons. The number of nitrogens with zero attached hydrogens (tertiary/aromatic N) is 1. The molecule has 1 aliphatic rings. The van der Waals surface area contributed by atoms with Gasteiger partial charge in [-0.05, 0) is 36.8 Å². The monoisotopic (exact) mass is 402 g/mol. The van der Waals surface area contributed by atoms with Crippen molar-refractivity contribution in [3.05, 3.63) is 53.1 Å². The number of benzene rings is 2. The molecular weight excluding hydrogens is 384 g/mol. The van der Waals surface area contributed by atoms with E-state index >= 15 is 0 Å². The lowest BCUT2D eigenvalue weighted by Crippen LogP contribution is -2.37. The summed E-state index contributed by atoms with van der Waals surface area (Å²) >= 11 is 6.02. The van der Waals surface area contributed by atoms with Crippen LogP contribution in [0, 0.1) is 6.92 Å². The van der Waals surface area contributed by atoms with Crippen molar-refractivity contribution in [1.82, 2.24) is 0 Å². The molecule has 1 N–H and O–H groups in total. The number of carbonyl (C=O) groups is 3. The molecule has 1 heterocycles. The standard InChI is InChI=1S/C20H19ClN2O5/c1-13-14(21)5-4-6-15(13)22-18(24)12-28-20(26)11-23-16-7-2-3-8-17(16)27-10-9-19(23)25/h2-8H,9-12H2,1H3,(H,22,24). The molecule has 1 aliphatic heterocycles. The maximum atomic E-state index is 12.3. The third kappa shape index (κ3) is 4.61. The number of anilines is 2. The molecule has 146 valence electrons. The summed E-state index contributed by atoms with van der Waals surface area (Å²) in [6.45, 7) is 1.24. The third-order valence-corrected chi connectivity index (χ3v) is 4.63. The molecule has 0 unspecified atom stereocenters. The Bertz CT molecular complexity index is 915. The summed E-state index contributed by atoms with van der Waals surface area (Å²) in [5.74, 6) is -0.913. The van der Waals surface area contributed by atoms with E-state index in [1.165, 1.54) is 4.90 Å². The SMILES string of the molecule is Cc1c(Cl)cccc1NC(=O)COC(=O)CN1C(=O)CCOc2ccccc21. The first kappa shape index (κ1) is 19.7. The van der Waals surface area contributed by atoms with E-state index in [0.717, 1.165) is 5.56 Å². The average molecular weight is 403 g/mol. The van der Waals surface area contributed by atoms with Gasteiger partial charge in [-0.15, -0.1) is 0 Å². The van der Waals surface area contributed by atoms with Crippen molar-refractivity contribution < 1.29 is 23.9 Å². The van der Waals surface area contributed by atoms with Gasteiger partial charge in [0.25, 0.3) is 5.91 Å². The van der Waals surface area contributed by atoms with Crippen molar-refractivity contribution in [2.24, 2.45) is 0 Å². The zero-order chi connectivity index (χ0) is 20.1. The van der Waals surface area contributed by atoms with E-state index in [2.05, 4.69) is 5.32 Å². The Hall–Kier alpha value is -3.06. The van der Waals surface area contributed by atoms with Crippen LogP contribution in [0.4, 0.5) is 11.4 Å². The van der Waals surface area contributed by atoms with Gasteiger partial charge >= 0.3 is 5.97 Å². The number of para-hydroxylation sites is 2. The first-order chi connectivity index (χ1) is 13.5. The van der Waals surface area contributed by atoms with Crippen LogP contribution in [-0.2, 0) is 19.1 Å². The van der Waals surface area contributed by atoms with E-state index < -0.39 is 18.5 Å². The highest BCUT2D eigenvalue weighted by atomic mass is 35.5. The second-order valence-corrected chi connectivity index (χ2v) is 6.57. The topological polar surface area (TPSA) is 84.9 Å².